The van der Waals surface area contributed by atoms with Crippen LogP contribution in [-0.2, 0) is 9.59 Å². The molecular weight excluding hydrogens is 828 g/mol. The molecule has 51 heavy (non-hydrogen) atoms. The number of benzene rings is 2. The van der Waals surface area contributed by atoms with Crippen molar-refractivity contribution in [2.75, 3.05) is 11.5 Å². The molecule has 2 aromatic heterocycles. The van der Waals surface area contributed by atoms with Gasteiger partial charge in [0.05, 0.1) is 64.9 Å². The van der Waals surface area contributed by atoms with Crippen molar-refractivity contribution in [2.45, 2.75) is 102 Å². The van der Waals surface area contributed by atoms with E-state index in [0.717, 1.165) is 86.9 Å². The number of anilines is 2. The number of hydrogen-bond acceptors (Lipinski definition) is 12. The first-order valence-electron chi connectivity index (χ1n) is 16.3. The smallest absolute Gasteiger partial charge is 0.239 e. The minimum Gasteiger partial charge on any atom is -0.396 e. The molecule has 0 spiro atoms. The lowest BCUT2D eigenvalue weighted by atomic mass is 9.82. The largest absolute Gasteiger partial charge is 0.396 e. The number of carbonyl (C=O) groups excluding carboxylic acids is 2. The number of nitrogens with zero attached hydrogens (tertiary/aromatic N) is 7. The fourth-order valence-electron chi connectivity index (χ4n) is 5.76. The minimum atomic E-state index is -0.639. The van der Waals surface area contributed by atoms with Crippen LogP contribution in [-0.4, -0.2) is 35.6 Å². The molecule has 4 N–H and O–H groups in total. The normalized spacial score (nSPS) is 17.8. The van der Waals surface area contributed by atoms with Gasteiger partial charge in [-0.25, -0.2) is 12.7 Å². The number of hydrogen-bond donors (Lipinski definition) is 2. The molecule has 4 aromatic rings. The number of aryl methyl sites for hydroxylation is 2. The lowest BCUT2D eigenvalue weighted by Gasteiger charge is -2.29. The van der Waals surface area contributed by atoms with Crippen LogP contribution in [0.1, 0.15) is 88.4 Å². The van der Waals surface area contributed by atoms with Gasteiger partial charge in [0.15, 0.2) is 11.1 Å². The van der Waals surface area contributed by atoms with E-state index in [4.69, 9.17) is 11.5 Å². The highest BCUT2D eigenvalue weighted by atomic mass is 79.9. The number of carbonyl (C=O) groups is 2. The third-order valence-electron chi connectivity index (χ3n) is 8.83. The predicted molar refractivity (Wildman–Crippen MR) is 203 cm³/mol. The van der Waals surface area contributed by atoms with Crippen molar-refractivity contribution < 1.29 is 18.4 Å². The van der Waals surface area contributed by atoms with Crippen molar-refractivity contribution in [3.05, 3.63) is 45.7 Å². The lowest BCUT2D eigenvalue weighted by molar-refractivity contribution is -0.131. The summed E-state index contributed by atoms with van der Waals surface area (Å²) in [6.07, 6.45) is 10.5. The van der Waals surface area contributed by atoms with E-state index < -0.39 is 16.9 Å². The van der Waals surface area contributed by atoms with E-state index in [1.54, 1.807) is 6.07 Å². The fraction of sp³-hybridized carbons (Fsp3) is 0.471. The maximum absolute atomic E-state index is 13.1. The lowest BCUT2D eigenvalue weighted by Crippen LogP contribution is -2.31. The van der Waals surface area contributed by atoms with Crippen LogP contribution in [0.5, 0.6) is 0 Å². The second-order valence-electron chi connectivity index (χ2n) is 12.5. The number of imide groups is 1. The summed E-state index contributed by atoms with van der Waals surface area (Å²) in [6, 6.07) is 9.13. The van der Waals surface area contributed by atoms with E-state index in [1.165, 1.54) is 48.0 Å². The van der Waals surface area contributed by atoms with Crippen LogP contribution in [0.4, 0.5) is 20.2 Å². The molecule has 2 aromatic carbocycles. The summed E-state index contributed by atoms with van der Waals surface area (Å²) < 4.78 is 37.5. The number of nitrogen functional groups attached to an aromatic ring is 2. The molecule has 2 saturated carbocycles. The van der Waals surface area contributed by atoms with E-state index in [2.05, 4.69) is 63.2 Å². The quantitative estimate of drug-likeness (QED) is 0.0862. The van der Waals surface area contributed by atoms with Crippen LogP contribution in [0.2, 0.25) is 0 Å². The highest BCUT2D eigenvalue weighted by molar-refractivity contribution is 9.10. The number of halogens is 4. The molecule has 2 amide bonds. The summed E-state index contributed by atoms with van der Waals surface area (Å²) in [6.45, 7) is 3.76. The first kappa shape index (κ1) is 40.1. The van der Waals surface area contributed by atoms with Crippen LogP contribution in [0, 0.1) is 48.1 Å². The van der Waals surface area contributed by atoms with Gasteiger partial charge in [0, 0.05) is 23.6 Å². The molecule has 1 saturated heterocycles. The van der Waals surface area contributed by atoms with Gasteiger partial charge in [0.1, 0.15) is 11.6 Å². The summed E-state index contributed by atoms with van der Waals surface area (Å²) in [5.74, 6) is -1.06. The molecule has 270 valence electrons. The van der Waals surface area contributed by atoms with Gasteiger partial charge in [-0.3, -0.25) is 9.59 Å². The molecule has 7 rings (SSSR count). The molecular formula is C34H37Br2F2N9O2S2. The van der Waals surface area contributed by atoms with Gasteiger partial charge in [-0.05, 0) is 122 Å². The summed E-state index contributed by atoms with van der Waals surface area (Å²) >= 11 is 8.63. The van der Waals surface area contributed by atoms with Crippen molar-refractivity contribution >= 4 is 98.5 Å². The number of nitriles is 2. The first-order chi connectivity index (χ1) is 24.2. The number of nitrogens with two attached hydrogens (primary N) is 2. The zero-order chi connectivity index (χ0) is 37.3. The molecule has 3 heterocycles. The van der Waals surface area contributed by atoms with Crippen molar-refractivity contribution in [1.29, 1.82) is 10.5 Å². The summed E-state index contributed by atoms with van der Waals surface area (Å²) in [5, 5.41) is 29.2. The Morgan fingerprint density at radius 1 is 0.804 bits per heavy atom. The van der Waals surface area contributed by atoms with Crippen molar-refractivity contribution in [1.82, 2.24) is 12.7 Å². The van der Waals surface area contributed by atoms with Crippen LogP contribution in [0.15, 0.2) is 32.9 Å². The number of rotatable bonds is 2. The van der Waals surface area contributed by atoms with Crippen LogP contribution < -0.4 is 11.5 Å². The van der Waals surface area contributed by atoms with Gasteiger partial charge in [0.2, 0.25) is 11.8 Å². The summed E-state index contributed by atoms with van der Waals surface area (Å²) in [5.41, 5.74) is 11.8. The molecule has 17 heteroatoms. The Hall–Kier alpha value is -3.64. The third kappa shape index (κ3) is 9.83. The van der Waals surface area contributed by atoms with Gasteiger partial charge >= 0.3 is 0 Å². The van der Waals surface area contributed by atoms with Gasteiger partial charge in [-0.1, -0.05) is 12.8 Å². The predicted octanol–water partition coefficient (Wildman–Crippen LogP) is 9.75. The maximum atomic E-state index is 13.1. The van der Waals surface area contributed by atoms with Crippen molar-refractivity contribution in [3.8, 4) is 12.1 Å². The van der Waals surface area contributed by atoms with Crippen LogP contribution in [0.25, 0.3) is 20.2 Å². The Balaban J connectivity index is 0.000000158. The topological polar surface area (TPSA) is 187 Å². The van der Waals surface area contributed by atoms with Crippen molar-refractivity contribution in [2.24, 2.45) is 10.2 Å². The first-order valence-corrected chi connectivity index (χ1v) is 19.4. The number of amides is 2. The second kappa shape index (κ2) is 17.7. The Kier molecular flexibility index (Phi) is 13.9. The van der Waals surface area contributed by atoms with E-state index in [0.29, 0.717) is 17.3 Å². The Bertz CT molecular complexity index is 1960. The average Bonchev–Trinajstić information content (AvgIpc) is 3.79. The average molecular weight is 866 g/mol. The standard InChI is InChI=1S/C14H20N4.C8H6BrFN2S.C8H7FN2S.C4H4BrNO2/c15-11-13(7-3-1-4-8-13)17-18-14(12-16)9-5-2-6-10-14;1-3-6-5(13-12-3)2-4(10)8(11)7(6)9;1-4-5-2-7(10)6(9)3-8(5)12-11-4;5-6-3(7)1-2-4(6)8/h1-10H2;2H,11H2,1H3;2-3H,10H2,1H3;1-2H2. The monoisotopic (exact) mass is 863 g/mol. The van der Waals surface area contributed by atoms with Crippen LogP contribution in [0.3, 0.4) is 0 Å². The van der Waals surface area contributed by atoms with Gasteiger partial charge in [0.25, 0.3) is 0 Å². The molecule has 0 bridgehead atoms. The highest BCUT2D eigenvalue weighted by Gasteiger charge is 2.36. The molecule has 2 aliphatic carbocycles. The SMILES string of the molecule is Cc1nsc2cc(F)c(N)c(Br)c12.Cc1nsc2cc(F)c(N)cc12.N#CC1(N=NC2(C#N)CCCCC2)CCCCC1.O=C1CCC(=O)N1Br. The zero-order valence-corrected chi connectivity index (χ0v) is 33.0. The highest BCUT2D eigenvalue weighted by Crippen LogP contribution is 2.37. The number of aromatic nitrogens is 2. The molecule has 11 nitrogen and oxygen atoms in total. The van der Waals surface area contributed by atoms with E-state index in [9.17, 15) is 28.9 Å². The van der Waals surface area contributed by atoms with Crippen molar-refractivity contribution in [3.63, 3.8) is 0 Å². The molecule has 0 unspecified atom stereocenters. The molecule has 0 radical (unpaired) electrons. The number of azo groups is 1. The van der Waals surface area contributed by atoms with Crippen LogP contribution >= 0.6 is 55.1 Å². The fourth-order valence-corrected chi connectivity index (χ4v) is 8.56. The Labute approximate surface area is 319 Å². The van der Waals surface area contributed by atoms with Gasteiger partial charge in [-0.15, -0.1) is 0 Å². The Morgan fingerprint density at radius 2 is 1.27 bits per heavy atom. The molecule has 1 aliphatic heterocycles. The maximum Gasteiger partial charge on any atom is 0.239 e. The van der Waals surface area contributed by atoms with E-state index >= 15 is 0 Å². The summed E-state index contributed by atoms with van der Waals surface area (Å²) in [7, 11) is 0. The molecule has 3 fully saturated rings. The van der Waals surface area contributed by atoms with Gasteiger partial charge < -0.3 is 11.5 Å². The molecule has 0 atom stereocenters. The zero-order valence-electron chi connectivity index (χ0n) is 28.1. The second-order valence-corrected chi connectivity index (χ2v) is 15.7. The third-order valence-corrected chi connectivity index (χ3v) is 12.2. The summed E-state index contributed by atoms with van der Waals surface area (Å²) in [4.78, 5) is 20.9. The molecule has 3 aliphatic rings. The minimum absolute atomic E-state index is 0.144. The van der Waals surface area contributed by atoms with Gasteiger partial charge in [-0.2, -0.15) is 29.5 Å². The Morgan fingerprint density at radius 3 is 1.75 bits per heavy atom. The van der Waals surface area contributed by atoms with E-state index in [1.807, 2.05) is 13.8 Å². The number of fused-ring (bicyclic) bond motifs is 2. The van der Waals surface area contributed by atoms with E-state index in [-0.39, 0.29) is 29.0 Å².